The van der Waals surface area contributed by atoms with Crippen LogP contribution < -0.4 is 10.1 Å². The highest BCUT2D eigenvalue weighted by atomic mass is 127. The molecule has 0 spiro atoms. The van der Waals surface area contributed by atoms with Gasteiger partial charge in [0.15, 0.2) is 5.96 Å². The van der Waals surface area contributed by atoms with Crippen molar-refractivity contribution in [1.29, 1.82) is 0 Å². The van der Waals surface area contributed by atoms with Gasteiger partial charge in [-0.1, -0.05) is 19.1 Å². The topological polar surface area (TPSA) is 72.4 Å². The zero-order valence-electron chi connectivity index (χ0n) is 19.1. The normalized spacial score (nSPS) is 23.1. The number of carbonyl (C=O) groups excluding carboxylic acids is 1. The number of carbonyl (C=O) groups is 1. The first-order valence-corrected chi connectivity index (χ1v) is 10.9. The fourth-order valence-electron chi connectivity index (χ4n) is 4.49. The van der Waals surface area contributed by atoms with Crippen molar-refractivity contribution in [2.24, 2.45) is 16.8 Å². The lowest BCUT2D eigenvalue weighted by Gasteiger charge is -2.37. The van der Waals surface area contributed by atoms with E-state index in [1.807, 2.05) is 12.1 Å². The minimum Gasteiger partial charge on any atom is -0.497 e. The second-order valence-electron chi connectivity index (χ2n) is 8.30. The van der Waals surface area contributed by atoms with E-state index in [1.165, 1.54) is 12.7 Å². The molecule has 2 fully saturated rings. The number of rotatable bonds is 6. The van der Waals surface area contributed by atoms with Gasteiger partial charge in [0, 0.05) is 38.3 Å². The minimum absolute atomic E-state index is 0. The summed E-state index contributed by atoms with van der Waals surface area (Å²) in [6.45, 7) is 8.54. The first-order chi connectivity index (χ1) is 14.5. The lowest BCUT2D eigenvalue weighted by atomic mass is 9.74. The van der Waals surface area contributed by atoms with Gasteiger partial charge in [-0.05, 0) is 43.4 Å². The molecule has 31 heavy (non-hydrogen) atoms. The molecule has 0 bridgehead atoms. The van der Waals surface area contributed by atoms with Gasteiger partial charge in [0.1, 0.15) is 5.75 Å². The molecule has 8 heteroatoms. The molecule has 7 nitrogen and oxygen atoms in total. The Labute approximate surface area is 202 Å². The van der Waals surface area contributed by atoms with E-state index >= 15 is 0 Å². The van der Waals surface area contributed by atoms with Crippen LogP contribution >= 0.6 is 24.0 Å². The van der Waals surface area contributed by atoms with E-state index in [9.17, 15) is 4.79 Å². The maximum atomic E-state index is 12.1. The number of benzene rings is 1. The number of nitrogens with zero attached hydrogens (tertiary/aromatic N) is 2. The molecule has 2 atom stereocenters. The van der Waals surface area contributed by atoms with Gasteiger partial charge in [-0.15, -0.1) is 24.0 Å². The lowest BCUT2D eigenvalue weighted by Crippen LogP contribution is -2.43. The van der Waals surface area contributed by atoms with E-state index < -0.39 is 0 Å². The average molecular weight is 545 g/mol. The van der Waals surface area contributed by atoms with Crippen molar-refractivity contribution < 1.29 is 19.0 Å². The van der Waals surface area contributed by atoms with Crippen LogP contribution in [0.2, 0.25) is 0 Å². The summed E-state index contributed by atoms with van der Waals surface area (Å²) in [5.41, 5.74) is 1.21. The first kappa shape index (κ1) is 25.7. The van der Waals surface area contributed by atoms with E-state index in [-0.39, 0.29) is 47.2 Å². The van der Waals surface area contributed by atoms with Crippen LogP contribution in [0.1, 0.15) is 32.3 Å². The van der Waals surface area contributed by atoms with Crippen LogP contribution in [0.15, 0.2) is 29.3 Å². The van der Waals surface area contributed by atoms with Gasteiger partial charge in [0.2, 0.25) is 0 Å². The second kappa shape index (κ2) is 11.9. The fraction of sp³-hybridized carbons (Fsp3) is 0.652. The standard InChI is InChI=1S/C23H35N3O4.HI/c1-5-24-22(26-14-17(2)20(15-26)21(27)29-4)25-16-23(10-12-30-13-11-23)18-6-8-19(28-3)9-7-18;/h6-9,17,20H,5,10-16H2,1-4H3,(H,24,25);1H. The van der Waals surface area contributed by atoms with Crippen molar-refractivity contribution in [3.63, 3.8) is 0 Å². The van der Waals surface area contributed by atoms with Gasteiger partial charge in [0.05, 0.1) is 26.7 Å². The second-order valence-corrected chi connectivity index (χ2v) is 8.30. The number of guanidine groups is 1. The van der Waals surface area contributed by atoms with E-state index in [1.54, 1.807) is 7.11 Å². The molecule has 1 N–H and O–H groups in total. The molecule has 0 radical (unpaired) electrons. The highest BCUT2D eigenvalue weighted by Gasteiger charge is 2.38. The van der Waals surface area contributed by atoms with Crippen molar-refractivity contribution in [3.05, 3.63) is 29.8 Å². The summed E-state index contributed by atoms with van der Waals surface area (Å²) in [5.74, 6) is 1.71. The molecular weight excluding hydrogens is 509 g/mol. The van der Waals surface area contributed by atoms with E-state index in [4.69, 9.17) is 19.2 Å². The average Bonchev–Trinajstić information content (AvgIpc) is 3.18. The van der Waals surface area contributed by atoms with Crippen molar-refractivity contribution in [2.45, 2.75) is 32.1 Å². The largest absolute Gasteiger partial charge is 0.497 e. The highest BCUT2D eigenvalue weighted by molar-refractivity contribution is 14.0. The Morgan fingerprint density at radius 3 is 2.48 bits per heavy atom. The Hall–Kier alpha value is -1.55. The molecule has 1 aromatic rings. The molecule has 0 saturated carbocycles. The van der Waals surface area contributed by atoms with Crippen molar-refractivity contribution in [2.75, 3.05) is 53.6 Å². The van der Waals surface area contributed by atoms with Crippen LogP contribution in [0.5, 0.6) is 5.75 Å². The number of esters is 1. The van der Waals surface area contributed by atoms with E-state index in [0.717, 1.165) is 50.9 Å². The zero-order chi connectivity index (χ0) is 21.6. The molecule has 2 aliphatic heterocycles. The molecule has 2 saturated heterocycles. The molecule has 0 aliphatic carbocycles. The van der Waals surface area contributed by atoms with Crippen molar-refractivity contribution >= 4 is 35.9 Å². The molecule has 2 unspecified atom stereocenters. The predicted octanol–water partition coefficient (Wildman–Crippen LogP) is 3.07. The summed E-state index contributed by atoms with van der Waals surface area (Å²) in [6.07, 6.45) is 1.87. The molecule has 0 amide bonds. The Balaban J connectivity index is 0.00000341. The number of nitrogens with one attached hydrogen (secondary N) is 1. The van der Waals surface area contributed by atoms with Crippen LogP contribution in [0.25, 0.3) is 0 Å². The third kappa shape index (κ3) is 6.03. The number of methoxy groups -OCH3 is 2. The summed E-state index contributed by atoms with van der Waals surface area (Å²) in [4.78, 5) is 19.4. The molecule has 2 heterocycles. The molecule has 0 aromatic heterocycles. The molecule has 1 aromatic carbocycles. The summed E-state index contributed by atoms with van der Waals surface area (Å²) < 4.78 is 16.0. The first-order valence-electron chi connectivity index (χ1n) is 10.9. The lowest BCUT2D eigenvalue weighted by molar-refractivity contribution is -0.145. The number of hydrogen-bond donors (Lipinski definition) is 1. The fourth-order valence-corrected chi connectivity index (χ4v) is 4.49. The van der Waals surface area contributed by atoms with Gasteiger partial charge in [-0.3, -0.25) is 9.79 Å². The number of hydrogen-bond acceptors (Lipinski definition) is 5. The van der Waals surface area contributed by atoms with Crippen LogP contribution in [0.4, 0.5) is 0 Å². The maximum Gasteiger partial charge on any atom is 0.310 e. The van der Waals surface area contributed by atoms with Gasteiger partial charge in [-0.2, -0.15) is 0 Å². The SMILES string of the molecule is CCNC(=NCC1(c2ccc(OC)cc2)CCOCC1)N1CC(C)C(C(=O)OC)C1.I. The van der Waals surface area contributed by atoms with E-state index in [2.05, 4.69) is 36.2 Å². The Bertz CT molecular complexity index is 735. The maximum absolute atomic E-state index is 12.1. The van der Waals surface area contributed by atoms with Crippen LogP contribution in [-0.4, -0.2) is 70.4 Å². The van der Waals surface area contributed by atoms with Crippen molar-refractivity contribution in [1.82, 2.24) is 10.2 Å². The summed E-state index contributed by atoms with van der Waals surface area (Å²) in [7, 11) is 3.14. The van der Waals surface area contributed by atoms with Crippen LogP contribution in [-0.2, 0) is 19.7 Å². The van der Waals surface area contributed by atoms with Crippen LogP contribution in [0.3, 0.4) is 0 Å². The number of likely N-dealkylation sites (tertiary alicyclic amines) is 1. The van der Waals surface area contributed by atoms with Gasteiger partial charge < -0.3 is 24.4 Å². The number of halogens is 1. The highest BCUT2D eigenvalue weighted by Crippen LogP contribution is 2.36. The predicted molar refractivity (Wildman–Crippen MR) is 132 cm³/mol. The summed E-state index contributed by atoms with van der Waals surface area (Å²) in [5, 5.41) is 3.42. The molecule has 174 valence electrons. The Morgan fingerprint density at radius 2 is 1.90 bits per heavy atom. The van der Waals surface area contributed by atoms with Gasteiger partial charge in [-0.25, -0.2) is 0 Å². The molecular formula is C23H36IN3O4. The third-order valence-electron chi connectivity index (χ3n) is 6.43. The quantitative estimate of drug-likeness (QED) is 0.257. The Morgan fingerprint density at radius 1 is 1.23 bits per heavy atom. The summed E-state index contributed by atoms with van der Waals surface area (Å²) >= 11 is 0. The third-order valence-corrected chi connectivity index (χ3v) is 6.43. The minimum atomic E-state index is -0.139. The number of ether oxygens (including phenoxy) is 3. The van der Waals surface area contributed by atoms with Crippen molar-refractivity contribution in [3.8, 4) is 5.75 Å². The summed E-state index contributed by atoms with van der Waals surface area (Å²) in [6, 6.07) is 8.34. The van der Waals surface area contributed by atoms with E-state index in [0.29, 0.717) is 13.1 Å². The monoisotopic (exact) mass is 545 g/mol. The van der Waals surface area contributed by atoms with Gasteiger partial charge >= 0.3 is 5.97 Å². The smallest absolute Gasteiger partial charge is 0.310 e. The molecule has 3 rings (SSSR count). The Kier molecular flexibility index (Phi) is 9.87. The van der Waals surface area contributed by atoms with Gasteiger partial charge in [0.25, 0.3) is 0 Å². The number of aliphatic imine (C=N–C) groups is 1. The zero-order valence-corrected chi connectivity index (χ0v) is 21.4. The molecule has 2 aliphatic rings. The van der Waals surface area contributed by atoms with Crippen LogP contribution in [0, 0.1) is 11.8 Å².